The number of fused-ring (bicyclic) bond motifs is 16. The fourth-order valence-electron chi connectivity index (χ4n) is 11.7. The van der Waals surface area contributed by atoms with E-state index in [-0.39, 0.29) is 16.9 Å². The van der Waals surface area contributed by atoms with E-state index in [4.69, 9.17) is 0 Å². The molecule has 0 spiro atoms. The summed E-state index contributed by atoms with van der Waals surface area (Å²) in [6.07, 6.45) is 13.2. The summed E-state index contributed by atoms with van der Waals surface area (Å²) in [6, 6.07) is 55.2. The Balaban J connectivity index is 0.982. The van der Waals surface area contributed by atoms with Crippen LogP contribution in [0.1, 0.15) is 78.6 Å². The van der Waals surface area contributed by atoms with Crippen LogP contribution in [0.3, 0.4) is 0 Å². The van der Waals surface area contributed by atoms with Crippen molar-refractivity contribution in [3.63, 3.8) is 0 Å². The molecule has 3 unspecified atom stereocenters. The van der Waals surface area contributed by atoms with Crippen molar-refractivity contribution in [2.24, 2.45) is 0 Å². The van der Waals surface area contributed by atoms with Crippen LogP contribution in [0.4, 0.5) is 11.4 Å². The van der Waals surface area contributed by atoms with E-state index in [2.05, 4.69) is 209 Å². The van der Waals surface area contributed by atoms with Gasteiger partial charge in [0, 0.05) is 43.2 Å². The van der Waals surface area contributed by atoms with Crippen molar-refractivity contribution in [2.75, 3.05) is 4.90 Å². The van der Waals surface area contributed by atoms with Gasteiger partial charge in [-0.25, -0.2) is 0 Å². The third-order valence-electron chi connectivity index (χ3n) is 14.9. The minimum Gasteiger partial charge on any atom is -0.331 e. The molecule has 0 saturated carbocycles. The monoisotopic (exact) mass is 799 g/mol. The minimum atomic E-state index is -0.301. The lowest BCUT2D eigenvalue weighted by Crippen LogP contribution is -2.42. The summed E-state index contributed by atoms with van der Waals surface area (Å²) in [5, 5.41) is 9.25. The molecule has 1 nitrogen and oxygen atoms in total. The van der Waals surface area contributed by atoms with Crippen LogP contribution in [-0.2, 0) is 5.41 Å². The van der Waals surface area contributed by atoms with Crippen molar-refractivity contribution in [3.05, 3.63) is 203 Å². The fourth-order valence-corrected chi connectivity index (χ4v) is 13.1. The zero-order valence-electron chi connectivity index (χ0n) is 35.0. The van der Waals surface area contributed by atoms with Crippen molar-refractivity contribution >= 4 is 76.8 Å². The predicted octanol–water partition coefficient (Wildman–Crippen LogP) is 16.5. The van der Waals surface area contributed by atoms with Crippen LogP contribution in [0, 0.1) is 0 Å². The number of nitrogens with zero attached hydrogens (tertiary/aromatic N) is 1. The average molecular weight is 800 g/mol. The number of thiophene rings is 1. The first kappa shape index (κ1) is 35.3. The lowest BCUT2D eigenvalue weighted by atomic mass is 9.77. The second-order valence-corrected chi connectivity index (χ2v) is 19.7. The predicted molar refractivity (Wildman–Crippen MR) is 263 cm³/mol. The second kappa shape index (κ2) is 12.5. The molecule has 3 aliphatic carbocycles. The topological polar surface area (TPSA) is 3.24 Å². The summed E-state index contributed by atoms with van der Waals surface area (Å²) in [6.45, 7) is 9.70. The highest BCUT2D eigenvalue weighted by molar-refractivity contribution is 7.20. The van der Waals surface area contributed by atoms with Crippen molar-refractivity contribution in [1.29, 1.82) is 0 Å². The molecule has 13 rings (SSSR count). The molecule has 8 aromatic carbocycles. The largest absolute Gasteiger partial charge is 0.331 e. The van der Waals surface area contributed by atoms with Gasteiger partial charge in [-0.05, 0) is 132 Å². The van der Waals surface area contributed by atoms with Crippen molar-refractivity contribution in [1.82, 2.24) is 0 Å². The Bertz CT molecular complexity index is 3430. The molecule has 292 valence electrons. The van der Waals surface area contributed by atoms with Crippen LogP contribution < -0.4 is 4.90 Å². The summed E-state index contributed by atoms with van der Waals surface area (Å²) in [4.78, 5) is 4.19. The number of hydrogen-bond donors (Lipinski definition) is 0. The first-order chi connectivity index (χ1) is 29.8. The molecular weight excluding hydrogens is 755 g/mol. The van der Waals surface area contributed by atoms with E-state index in [0.29, 0.717) is 5.92 Å². The Hall–Kier alpha value is -6.48. The van der Waals surface area contributed by atoms with Gasteiger partial charge in [0.15, 0.2) is 0 Å². The van der Waals surface area contributed by atoms with E-state index < -0.39 is 0 Å². The molecule has 0 bridgehead atoms. The van der Waals surface area contributed by atoms with Crippen LogP contribution in [-0.4, -0.2) is 5.54 Å². The summed E-state index contributed by atoms with van der Waals surface area (Å²) in [5.74, 6) is 0.716. The molecule has 0 radical (unpaired) electrons. The highest BCUT2D eigenvalue weighted by Crippen LogP contribution is 2.59. The number of anilines is 2. The molecule has 0 N–H and O–H groups in total. The lowest BCUT2D eigenvalue weighted by molar-refractivity contribution is 0.543. The van der Waals surface area contributed by atoms with Crippen LogP contribution in [0.2, 0.25) is 0 Å². The Labute approximate surface area is 361 Å². The Morgan fingerprint density at radius 3 is 2.03 bits per heavy atom. The van der Waals surface area contributed by atoms with E-state index in [1.807, 2.05) is 11.3 Å². The van der Waals surface area contributed by atoms with E-state index in [0.717, 1.165) is 6.42 Å². The molecule has 1 aromatic heterocycles. The van der Waals surface area contributed by atoms with Crippen LogP contribution in [0.5, 0.6) is 0 Å². The molecule has 0 saturated heterocycles. The van der Waals surface area contributed by atoms with E-state index in [9.17, 15) is 0 Å². The van der Waals surface area contributed by atoms with Crippen molar-refractivity contribution < 1.29 is 0 Å². The molecule has 0 fully saturated rings. The molecule has 2 heterocycles. The molecule has 3 atom stereocenters. The van der Waals surface area contributed by atoms with Crippen molar-refractivity contribution in [3.8, 4) is 22.3 Å². The molecule has 9 aromatic rings. The third kappa shape index (κ3) is 4.83. The van der Waals surface area contributed by atoms with Crippen LogP contribution >= 0.6 is 11.3 Å². The SMILES string of the molecule is CC1CC=Cc2c1sc1c3c(ccc21)C(C)(C)c1cc(N2c4ccc(-c5ccc6c7ccccc7c7ccccc7c6c5)cc4C4C=C(c5ccccc5)C=CC42C)ccc1-3. The number of rotatable bonds is 3. The van der Waals surface area contributed by atoms with Gasteiger partial charge >= 0.3 is 0 Å². The molecular formula is C59H45NS. The first-order valence-corrected chi connectivity index (χ1v) is 22.8. The van der Waals surface area contributed by atoms with E-state index in [1.54, 1.807) is 4.88 Å². The van der Waals surface area contributed by atoms with Gasteiger partial charge < -0.3 is 4.90 Å². The molecule has 0 amide bonds. The molecule has 4 aliphatic rings. The minimum absolute atomic E-state index is 0.123. The lowest BCUT2D eigenvalue weighted by Gasteiger charge is -2.40. The number of benzene rings is 8. The maximum atomic E-state index is 2.65. The van der Waals surface area contributed by atoms with Crippen molar-refractivity contribution in [2.45, 2.75) is 56.9 Å². The van der Waals surface area contributed by atoms with Gasteiger partial charge in [0.2, 0.25) is 0 Å². The van der Waals surface area contributed by atoms with Crippen LogP contribution in [0.25, 0.3) is 76.3 Å². The standard InChI is InChI=1S/C59H45NS/c1-35-13-12-20-46-47-26-27-51-55(57(47)61-56(35)46)48-25-23-40(34-52(48)58(51,2)3)60-54-28-22-38(32-50(54)53-33-39(29-30-59(53,60)4)36-14-6-5-7-15-36)37-21-24-45-43-18-9-8-16-41(43)42-17-10-11-19-44(42)49(45)31-37/h5-12,14-35,53H,13H2,1-4H3. The Kier molecular flexibility index (Phi) is 7.25. The highest BCUT2D eigenvalue weighted by atomic mass is 32.1. The van der Waals surface area contributed by atoms with Gasteiger partial charge in [-0.15, -0.1) is 11.3 Å². The zero-order valence-corrected chi connectivity index (χ0v) is 35.8. The first-order valence-electron chi connectivity index (χ1n) is 21.9. The molecule has 1 aliphatic heterocycles. The zero-order chi connectivity index (χ0) is 40.8. The van der Waals surface area contributed by atoms with Gasteiger partial charge in [-0.3, -0.25) is 0 Å². The average Bonchev–Trinajstić information content (AvgIpc) is 3.89. The van der Waals surface area contributed by atoms with Gasteiger partial charge in [0.05, 0.1) is 5.54 Å². The maximum absolute atomic E-state index is 2.65. The molecule has 61 heavy (non-hydrogen) atoms. The normalized spacial score (nSPS) is 20.5. The van der Waals surface area contributed by atoms with Gasteiger partial charge in [0.25, 0.3) is 0 Å². The summed E-state index contributed by atoms with van der Waals surface area (Å²) >= 11 is 2.03. The molecule has 2 heteroatoms. The summed E-state index contributed by atoms with van der Waals surface area (Å²) < 4.78 is 1.45. The van der Waals surface area contributed by atoms with Gasteiger partial charge in [-0.2, -0.15) is 0 Å². The Morgan fingerprint density at radius 2 is 1.26 bits per heavy atom. The number of hydrogen-bond acceptors (Lipinski definition) is 2. The van der Waals surface area contributed by atoms with E-state index >= 15 is 0 Å². The summed E-state index contributed by atoms with van der Waals surface area (Å²) in [7, 11) is 0. The van der Waals surface area contributed by atoms with E-state index in [1.165, 1.54) is 109 Å². The fraction of sp³-hybridized carbons (Fsp3) is 0.153. The number of allylic oxidation sites excluding steroid dienone is 3. The van der Waals surface area contributed by atoms with Crippen LogP contribution in [0.15, 0.2) is 170 Å². The summed E-state index contributed by atoms with van der Waals surface area (Å²) in [5.41, 5.74) is 15.7. The van der Waals surface area contributed by atoms with Gasteiger partial charge in [-0.1, -0.05) is 166 Å². The smallest absolute Gasteiger partial charge is 0.0712 e. The van der Waals surface area contributed by atoms with Gasteiger partial charge in [0.1, 0.15) is 0 Å². The third-order valence-corrected chi connectivity index (χ3v) is 16.3. The quantitative estimate of drug-likeness (QED) is 0.161. The Morgan fingerprint density at radius 1 is 0.590 bits per heavy atom. The second-order valence-electron chi connectivity index (χ2n) is 18.6. The maximum Gasteiger partial charge on any atom is 0.0712 e. The highest BCUT2D eigenvalue weighted by Gasteiger charge is 2.49.